The normalized spacial score (nSPS) is 10.1. The van der Waals surface area contributed by atoms with Crippen LogP contribution in [0.2, 0.25) is 0 Å². The monoisotopic (exact) mass is 246 g/mol. The molecule has 0 saturated carbocycles. The first-order valence-corrected chi connectivity index (χ1v) is 5.36. The number of aromatic hydroxyl groups is 1. The van der Waals surface area contributed by atoms with Gasteiger partial charge in [0.25, 0.3) is 0 Å². The SMILES string of the molecule is COc1cnc(NCc2ccc(N)c(O)c2)nc1. The van der Waals surface area contributed by atoms with E-state index in [9.17, 15) is 5.11 Å². The highest BCUT2D eigenvalue weighted by Gasteiger charge is 2.01. The molecule has 0 atom stereocenters. The van der Waals surface area contributed by atoms with Crippen LogP contribution in [0, 0.1) is 0 Å². The molecule has 4 N–H and O–H groups in total. The van der Waals surface area contributed by atoms with E-state index in [0.717, 1.165) is 5.56 Å². The lowest BCUT2D eigenvalue weighted by Gasteiger charge is -2.06. The number of ether oxygens (including phenoxy) is 1. The minimum Gasteiger partial charge on any atom is -0.506 e. The number of nitrogens with one attached hydrogen (secondary N) is 1. The highest BCUT2D eigenvalue weighted by molar-refractivity contribution is 5.53. The third-order valence-electron chi connectivity index (χ3n) is 2.41. The number of methoxy groups -OCH3 is 1. The van der Waals surface area contributed by atoms with E-state index >= 15 is 0 Å². The number of phenols is 1. The second kappa shape index (κ2) is 5.22. The van der Waals surface area contributed by atoms with Crippen LogP contribution in [-0.4, -0.2) is 22.2 Å². The highest BCUT2D eigenvalue weighted by Crippen LogP contribution is 2.21. The van der Waals surface area contributed by atoms with Crippen molar-refractivity contribution < 1.29 is 9.84 Å². The maximum absolute atomic E-state index is 9.47. The number of phenolic OH excluding ortho intramolecular Hbond substituents is 1. The van der Waals surface area contributed by atoms with E-state index < -0.39 is 0 Å². The van der Waals surface area contributed by atoms with Gasteiger partial charge in [-0.15, -0.1) is 0 Å². The summed E-state index contributed by atoms with van der Waals surface area (Å²) < 4.78 is 4.96. The van der Waals surface area contributed by atoms with Gasteiger partial charge >= 0.3 is 0 Å². The fourth-order valence-corrected chi connectivity index (χ4v) is 1.39. The molecule has 0 bridgehead atoms. The van der Waals surface area contributed by atoms with Gasteiger partial charge in [-0.05, 0) is 17.7 Å². The van der Waals surface area contributed by atoms with Crippen molar-refractivity contribution in [2.75, 3.05) is 18.2 Å². The number of aromatic nitrogens is 2. The van der Waals surface area contributed by atoms with Gasteiger partial charge in [-0.2, -0.15) is 0 Å². The molecule has 0 radical (unpaired) electrons. The van der Waals surface area contributed by atoms with Crippen LogP contribution in [0.15, 0.2) is 30.6 Å². The minimum absolute atomic E-state index is 0.0740. The lowest BCUT2D eigenvalue weighted by molar-refractivity contribution is 0.411. The molecule has 0 unspecified atom stereocenters. The van der Waals surface area contributed by atoms with Gasteiger partial charge in [0.2, 0.25) is 5.95 Å². The molecule has 94 valence electrons. The molecule has 1 aromatic heterocycles. The topological polar surface area (TPSA) is 93.3 Å². The molecule has 18 heavy (non-hydrogen) atoms. The largest absolute Gasteiger partial charge is 0.506 e. The van der Waals surface area contributed by atoms with E-state index in [0.29, 0.717) is 23.9 Å². The Morgan fingerprint density at radius 2 is 2.06 bits per heavy atom. The molecular weight excluding hydrogens is 232 g/mol. The summed E-state index contributed by atoms with van der Waals surface area (Å²) in [6.07, 6.45) is 3.16. The quantitative estimate of drug-likeness (QED) is 0.557. The smallest absolute Gasteiger partial charge is 0.223 e. The molecule has 0 amide bonds. The number of nitrogens with zero attached hydrogens (tertiary/aromatic N) is 2. The number of hydrogen-bond acceptors (Lipinski definition) is 6. The van der Waals surface area contributed by atoms with Crippen LogP contribution in [0.1, 0.15) is 5.56 Å². The number of nitrogen functional groups attached to an aromatic ring is 1. The van der Waals surface area contributed by atoms with Gasteiger partial charge in [0.05, 0.1) is 25.2 Å². The van der Waals surface area contributed by atoms with Crippen molar-refractivity contribution in [3.8, 4) is 11.5 Å². The molecule has 0 fully saturated rings. The second-order valence-electron chi connectivity index (χ2n) is 3.69. The molecule has 1 aromatic carbocycles. The van der Waals surface area contributed by atoms with Gasteiger partial charge < -0.3 is 20.9 Å². The van der Waals surface area contributed by atoms with E-state index in [2.05, 4.69) is 15.3 Å². The van der Waals surface area contributed by atoms with Crippen molar-refractivity contribution in [2.24, 2.45) is 0 Å². The van der Waals surface area contributed by atoms with Gasteiger partial charge in [0.1, 0.15) is 5.75 Å². The fraction of sp³-hybridized carbons (Fsp3) is 0.167. The summed E-state index contributed by atoms with van der Waals surface area (Å²) in [5.74, 6) is 1.17. The standard InChI is InChI=1S/C12H14N4O2/c1-18-9-6-15-12(16-7-9)14-5-8-2-3-10(13)11(17)4-8/h2-4,6-7,17H,5,13H2,1H3,(H,14,15,16). The summed E-state index contributed by atoms with van der Waals surface area (Å²) in [5.41, 5.74) is 6.77. The molecule has 0 aliphatic heterocycles. The van der Waals surface area contributed by atoms with Crippen LogP contribution in [0.4, 0.5) is 11.6 Å². The Labute approximate surface area is 104 Å². The molecule has 6 heteroatoms. The van der Waals surface area contributed by atoms with E-state index in [1.807, 2.05) is 6.07 Å². The molecule has 0 aliphatic rings. The molecule has 0 spiro atoms. The van der Waals surface area contributed by atoms with Gasteiger partial charge in [0.15, 0.2) is 5.75 Å². The number of nitrogens with two attached hydrogens (primary N) is 1. The van der Waals surface area contributed by atoms with Gasteiger partial charge in [-0.1, -0.05) is 6.07 Å². The van der Waals surface area contributed by atoms with Crippen LogP contribution in [-0.2, 0) is 6.54 Å². The highest BCUT2D eigenvalue weighted by atomic mass is 16.5. The molecule has 0 aliphatic carbocycles. The summed E-state index contributed by atoms with van der Waals surface area (Å²) in [5, 5.41) is 12.5. The Morgan fingerprint density at radius 1 is 1.33 bits per heavy atom. The van der Waals surface area contributed by atoms with Crippen molar-refractivity contribution in [3.63, 3.8) is 0 Å². The van der Waals surface area contributed by atoms with Gasteiger partial charge in [-0.3, -0.25) is 0 Å². The Bertz CT molecular complexity index is 528. The minimum atomic E-state index is 0.0740. The van der Waals surface area contributed by atoms with E-state index in [-0.39, 0.29) is 5.75 Å². The number of anilines is 2. The first kappa shape index (κ1) is 12.0. The zero-order chi connectivity index (χ0) is 13.0. The maximum Gasteiger partial charge on any atom is 0.223 e. The fourth-order valence-electron chi connectivity index (χ4n) is 1.39. The predicted molar refractivity (Wildman–Crippen MR) is 68.4 cm³/mol. The van der Waals surface area contributed by atoms with Crippen molar-refractivity contribution in [3.05, 3.63) is 36.2 Å². The van der Waals surface area contributed by atoms with Crippen molar-refractivity contribution >= 4 is 11.6 Å². The van der Waals surface area contributed by atoms with Crippen LogP contribution < -0.4 is 15.8 Å². The third kappa shape index (κ3) is 2.79. The Kier molecular flexibility index (Phi) is 3.47. The number of rotatable bonds is 4. The van der Waals surface area contributed by atoms with Crippen LogP contribution in [0.3, 0.4) is 0 Å². The summed E-state index contributed by atoms with van der Waals surface area (Å²) in [6.45, 7) is 0.500. The van der Waals surface area contributed by atoms with Gasteiger partial charge in [0, 0.05) is 6.54 Å². The zero-order valence-electron chi connectivity index (χ0n) is 9.92. The van der Waals surface area contributed by atoms with Gasteiger partial charge in [-0.25, -0.2) is 9.97 Å². The molecule has 6 nitrogen and oxygen atoms in total. The molecular formula is C12H14N4O2. The van der Waals surface area contributed by atoms with Crippen LogP contribution in [0.5, 0.6) is 11.5 Å². The van der Waals surface area contributed by atoms with Crippen molar-refractivity contribution in [1.29, 1.82) is 0 Å². The number of benzene rings is 1. The average molecular weight is 246 g/mol. The van der Waals surface area contributed by atoms with Crippen molar-refractivity contribution in [2.45, 2.75) is 6.54 Å². The van der Waals surface area contributed by atoms with Crippen molar-refractivity contribution in [1.82, 2.24) is 9.97 Å². The predicted octanol–water partition coefficient (Wildman–Crippen LogP) is 1.39. The Morgan fingerprint density at radius 3 is 2.67 bits per heavy atom. The van der Waals surface area contributed by atoms with Crippen LogP contribution in [0.25, 0.3) is 0 Å². The maximum atomic E-state index is 9.47. The molecule has 2 aromatic rings. The van der Waals surface area contributed by atoms with E-state index in [1.54, 1.807) is 31.6 Å². The lowest BCUT2D eigenvalue weighted by Crippen LogP contribution is -2.03. The summed E-state index contributed by atoms with van der Waals surface area (Å²) in [6, 6.07) is 5.08. The lowest BCUT2D eigenvalue weighted by atomic mass is 10.2. The summed E-state index contributed by atoms with van der Waals surface area (Å²) in [4.78, 5) is 8.14. The van der Waals surface area contributed by atoms with E-state index in [1.165, 1.54) is 0 Å². The zero-order valence-corrected chi connectivity index (χ0v) is 9.92. The molecule has 0 saturated heterocycles. The number of hydrogen-bond donors (Lipinski definition) is 3. The first-order valence-electron chi connectivity index (χ1n) is 5.36. The molecule has 2 rings (SSSR count). The first-order chi connectivity index (χ1) is 8.69. The molecule has 1 heterocycles. The summed E-state index contributed by atoms with van der Waals surface area (Å²) in [7, 11) is 1.56. The van der Waals surface area contributed by atoms with Crippen LogP contribution >= 0.6 is 0 Å². The third-order valence-corrected chi connectivity index (χ3v) is 2.41. The Hall–Kier alpha value is -2.50. The van der Waals surface area contributed by atoms with E-state index in [4.69, 9.17) is 10.5 Å². The Balaban J connectivity index is 1.99. The average Bonchev–Trinajstić information content (AvgIpc) is 2.41. The summed E-state index contributed by atoms with van der Waals surface area (Å²) >= 11 is 0. The second-order valence-corrected chi connectivity index (χ2v) is 3.69.